The highest BCUT2D eigenvalue weighted by atomic mass is 35.5. The van der Waals surface area contributed by atoms with E-state index in [0.717, 1.165) is 22.9 Å². The Balaban J connectivity index is 1.28. The molecule has 0 aliphatic carbocycles. The first-order valence-corrected chi connectivity index (χ1v) is 22.6. The van der Waals surface area contributed by atoms with Crippen LogP contribution in [-0.4, -0.2) is 59.3 Å². The summed E-state index contributed by atoms with van der Waals surface area (Å²) in [5, 5.41) is 0.536. The average molecular weight is 920 g/mol. The van der Waals surface area contributed by atoms with Crippen molar-refractivity contribution in [2.24, 2.45) is 0 Å². The summed E-state index contributed by atoms with van der Waals surface area (Å²) < 4.78 is 50.9. The second kappa shape index (κ2) is 19.8. The van der Waals surface area contributed by atoms with E-state index in [4.69, 9.17) is 48.7 Å². The Labute approximate surface area is 382 Å². The lowest BCUT2D eigenvalue weighted by Crippen LogP contribution is -2.35. The van der Waals surface area contributed by atoms with Gasteiger partial charge in [0.2, 0.25) is 21.6 Å². The molecule has 0 spiro atoms. The number of sulfonamides is 1. The molecular weight excluding hydrogens is 876 g/mol. The largest absolute Gasteiger partial charge is 0.497 e. The highest BCUT2D eigenvalue weighted by Gasteiger charge is 2.34. The minimum absolute atomic E-state index is 0.0761. The Kier molecular flexibility index (Phi) is 14.0. The zero-order valence-corrected chi connectivity index (χ0v) is 37.8. The number of methoxy groups -OCH3 is 3. The summed E-state index contributed by atoms with van der Waals surface area (Å²) in [4.78, 5) is 36.0. The van der Waals surface area contributed by atoms with E-state index in [1.54, 1.807) is 104 Å². The van der Waals surface area contributed by atoms with Crippen molar-refractivity contribution < 1.29 is 37.0 Å². The number of anilines is 2. The normalized spacial score (nSPS) is 13.5. The highest BCUT2D eigenvalue weighted by molar-refractivity contribution is 7.92. The molecule has 0 unspecified atom stereocenters. The van der Waals surface area contributed by atoms with Crippen molar-refractivity contribution in [1.29, 1.82) is 0 Å². The van der Waals surface area contributed by atoms with Gasteiger partial charge in [-0.25, -0.2) is 13.3 Å². The maximum absolute atomic E-state index is 15.3. The minimum atomic E-state index is -4.00. The van der Waals surface area contributed by atoms with Gasteiger partial charge in [0.25, 0.3) is 5.91 Å². The van der Waals surface area contributed by atoms with Gasteiger partial charge in [-0.05, 0) is 95.1 Å². The first-order chi connectivity index (χ1) is 30.8. The molecule has 1 fully saturated rings. The van der Waals surface area contributed by atoms with E-state index in [0.29, 0.717) is 33.5 Å². The maximum atomic E-state index is 15.3. The zero-order valence-electron chi connectivity index (χ0n) is 35.5. The van der Waals surface area contributed by atoms with Crippen LogP contribution in [0, 0.1) is 6.57 Å². The van der Waals surface area contributed by atoms with Gasteiger partial charge in [-0.15, -0.1) is 0 Å². The Hall–Kier alpha value is -6.72. The smallest absolute Gasteiger partial charge is 0.256 e. The zero-order chi connectivity index (χ0) is 45.5. The fourth-order valence-electron chi connectivity index (χ4n) is 7.46. The molecule has 0 aromatic heterocycles. The third-order valence-corrected chi connectivity index (χ3v) is 12.6. The van der Waals surface area contributed by atoms with E-state index < -0.39 is 15.9 Å². The van der Waals surface area contributed by atoms with Gasteiger partial charge in [0.05, 0.1) is 62.0 Å². The standard InChI is InChI=1S/C49H44Cl2N4O8S/c1-52-44-8-6-7-43(51)48(44)63-46-25-35(15-23-42(46)50)36-26-47(56)54(31-36)37-16-24-45(55(64(5,58)59)30-34-13-21-40(62-4)22-14-34)41(27-37)49(57)53(28-32-9-17-38(60-2)18-10-32)29-33-11-19-39(61-3)20-12-33/h6-25,27,36H,26,28-31H2,2-5H3/t36-/m0/s1. The molecule has 6 aromatic rings. The van der Waals surface area contributed by atoms with Crippen molar-refractivity contribution in [3.8, 4) is 28.7 Å². The van der Waals surface area contributed by atoms with Crippen molar-refractivity contribution in [2.45, 2.75) is 32.0 Å². The predicted molar refractivity (Wildman–Crippen MR) is 249 cm³/mol. The molecule has 1 saturated heterocycles. The van der Waals surface area contributed by atoms with Crippen molar-refractivity contribution in [3.63, 3.8) is 0 Å². The third kappa shape index (κ3) is 10.4. The highest BCUT2D eigenvalue weighted by Crippen LogP contribution is 2.43. The van der Waals surface area contributed by atoms with Crippen molar-refractivity contribution in [3.05, 3.63) is 177 Å². The molecule has 15 heteroatoms. The van der Waals surface area contributed by atoms with Crippen LogP contribution in [0.4, 0.5) is 17.1 Å². The summed E-state index contributed by atoms with van der Waals surface area (Å²) in [6, 6.07) is 36.6. The summed E-state index contributed by atoms with van der Waals surface area (Å²) >= 11 is 13.0. The number of para-hydroxylation sites is 1. The van der Waals surface area contributed by atoms with Gasteiger partial charge in [-0.2, -0.15) is 0 Å². The average Bonchev–Trinajstić information content (AvgIpc) is 3.70. The molecule has 1 aliphatic rings. The number of hydrogen-bond acceptors (Lipinski definition) is 8. The van der Waals surface area contributed by atoms with Gasteiger partial charge >= 0.3 is 0 Å². The summed E-state index contributed by atoms with van der Waals surface area (Å²) in [5.41, 5.74) is 3.88. The van der Waals surface area contributed by atoms with Gasteiger partial charge < -0.3 is 28.7 Å². The molecule has 0 radical (unpaired) electrons. The van der Waals surface area contributed by atoms with Crippen LogP contribution in [0.15, 0.2) is 127 Å². The number of carbonyl (C=O) groups excluding carboxylic acids is 2. The number of nitrogens with zero attached hydrogens (tertiary/aromatic N) is 4. The monoisotopic (exact) mass is 918 g/mol. The lowest BCUT2D eigenvalue weighted by atomic mass is 9.98. The first-order valence-electron chi connectivity index (χ1n) is 20.0. The van der Waals surface area contributed by atoms with Gasteiger partial charge in [-0.3, -0.25) is 13.9 Å². The topological polar surface area (TPSA) is 119 Å². The molecule has 1 atom stereocenters. The lowest BCUT2D eigenvalue weighted by molar-refractivity contribution is -0.117. The lowest BCUT2D eigenvalue weighted by Gasteiger charge is -2.29. The number of halogens is 2. The maximum Gasteiger partial charge on any atom is 0.256 e. The van der Waals surface area contributed by atoms with Crippen LogP contribution in [0.5, 0.6) is 28.7 Å². The first kappa shape index (κ1) is 45.3. The molecule has 0 saturated carbocycles. The molecule has 328 valence electrons. The molecule has 6 aromatic carbocycles. The van der Waals surface area contributed by atoms with Gasteiger partial charge in [0, 0.05) is 37.7 Å². The van der Waals surface area contributed by atoms with Crippen LogP contribution >= 0.6 is 23.2 Å². The van der Waals surface area contributed by atoms with Crippen LogP contribution in [0.3, 0.4) is 0 Å². The van der Waals surface area contributed by atoms with Gasteiger partial charge in [0.1, 0.15) is 23.0 Å². The summed E-state index contributed by atoms with van der Waals surface area (Å²) in [5.74, 6) is 1.36. The molecule has 1 aliphatic heterocycles. The second-order valence-electron chi connectivity index (χ2n) is 15.1. The third-order valence-electron chi connectivity index (χ3n) is 10.9. The number of rotatable bonds is 16. The predicted octanol–water partition coefficient (Wildman–Crippen LogP) is 10.7. The Bertz CT molecular complexity index is 2770. The molecule has 0 bridgehead atoms. The number of carbonyl (C=O) groups is 2. The fraction of sp³-hybridized carbons (Fsp3) is 0.204. The molecule has 7 rings (SSSR count). The van der Waals surface area contributed by atoms with Crippen LogP contribution in [0.25, 0.3) is 4.85 Å². The summed E-state index contributed by atoms with van der Waals surface area (Å²) in [6.07, 6.45) is 1.22. The van der Waals surface area contributed by atoms with E-state index in [1.807, 2.05) is 54.6 Å². The fourth-order valence-corrected chi connectivity index (χ4v) is 8.72. The Morgan fingerprint density at radius 1 is 0.750 bits per heavy atom. The van der Waals surface area contributed by atoms with Gasteiger partial charge in [0.15, 0.2) is 5.75 Å². The number of hydrogen-bond donors (Lipinski definition) is 0. The number of ether oxygens (including phenoxy) is 4. The molecule has 64 heavy (non-hydrogen) atoms. The van der Waals surface area contributed by atoms with Crippen molar-refractivity contribution in [1.82, 2.24) is 4.90 Å². The van der Waals surface area contributed by atoms with E-state index in [9.17, 15) is 13.2 Å². The molecule has 0 N–H and O–H groups in total. The van der Waals surface area contributed by atoms with Crippen LogP contribution in [-0.2, 0) is 34.5 Å². The van der Waals surface area contributed by atoms with Gasteiger partial charge in [-0.1, -0.05) is 77.8 Å². The number of amides is 2. The van der Waals surface area contributed by atoms with Crippen LogP contribution in [0.2, 0.25) is 10.0 Å². The SMILES string of the molecule is [C-]#[N+]c1cccc(Cl)c1Oc1cc([C@H]2CC(=O)N(c3ccc(N(Cc4ccc(OC)cc4)S(C)(=O)=O)c(C(=O)N(Cc4ccc(OC)cc4)Cc4ccc(OC)cc4)c3)C2)ccc1Cl. The summed E-state index contributed by atoms with van der Waals surface area (Å²) in [6.45, 7) is 8.04. The minimum Gasteiger partial charge on any atom is -0.497 e. The second-order valence-corrected chi connectivity index (χ2v) is 17.8. The molecule has 12 nitrogen and oxygen atoms in total. The molecule has 1 heterocycles. The summed E-state index contributed by atoms with van der Waals surface area (Å²) in [7, 11) is 0.702. The van der Waals surface area contributed by atoms with Crippen molar-refractivity contribution >= 4 is 62.1 Å². The Morgan fingerprint density at radius 2 is 1.31 bits per heavy atom. The van der Waals surface area contributed by atoms with E-state index in [1.165, 1.54) is 4.31 Å². The van der Waals surface area contributed by atoms with Crippen LogP contribution in [0.1, 0.15) is 45.0 Å². The Morgan fingerprint density at radius 3 is 1.84 bits per heavy atom. The van der Waals surface area contributed by atoms with Crippen molar-refractivity contribution in [2.75, 3.05) is 43.3 Å². The van der Waals surface area contributed by atoms with E-state index in [-0.39, 0.29) is 77.9 Å². The number of benzene rings is 6. The molecule has 2 amide bonds. The molecular formula is C49H44Cl2N4O8S. The van der Waals surface area contributed by atoms with E-state index >= 15 is 4.79 Å². The van der Waals surface area contributed by atoms with E-state index in [2.05, 4.69) is 4.85 Å². The quantitative estimate of drug-likeness (QED) is 0.0881. The van der Waals surface area contributed by atoms with Crippen LogP contribution < -0.4 is 28.2 Å².